The zero-order valence-electron chi connectivity index (χ0n) is 10.4. The van der Waals surface area contributed by atoms with Crippen molar-refractivity contribution in [2.24, 2.45) is 0 Å². The molecule has 1 unspecified atom stereocenters. The highest BCUT2D eigenvalue weighted by molar-refractivity contribution is 9.09. The van der Waals surface area contributed by atoms with Gasteiger partial charge in [0.05, 0.1) is 0 Å². The molecule has 102 valence electrons. The lowest BCUT2D eigenvalue weighted by molar-refractivity contribution is -0.145. The number of carbonyl (C=O) groups excluding carboxylic acids is 2. The number of rotatable bonds is 3. The second-order valence-electron chi connectivity index (χ2n) is 4.65. The number of ether oxygens (including phenoxy) is 1. The van der Waals surface area contributed by atoms with Gasteiger partial charge in [-0.15, -0.1) is 0 Å². The molecule has 18 heavy (non-hydrogen) atoms. The highest BCUT2D eigenvalue weighted by Crippen LogP contribution is 2.16. The Labute approximate surface area is 116 Å². The molecule has 6 heteroatoms. The SMILES string of the molecule is O=C(CCBr)N1CCN(C(=O)C2CCCO2)CC1. The molecule has 0 saturated carbocycles. The van der Waals surface area contributed by atoms with Gasteiger partial charge in [-0.05, 0) is 12.8 Å². The Morgan fingerprint density at radius 2 is 1.83 bits per heavy atom. The number of hydrogen-bond acceptors (Lipinski definition) is 3. The Morgan fingerprint density at radius 1 is 1.17 bits per heavy atom. The molecule has 2 saturated heterocycles. The summed E-state index contributed by atoms with van der Waals surface area (Å²) >= 11 is 3.27. The van der Waals surface area contributed by atoms with Crippen LogP contribution in [-0.2, 0) is 14.3 Å². The predicted octanol–water partition coefficient (Wildman–Crippen LogP) is 0.621. The van der Waals surface area contributed by atoms with Crippen LogP contribution in [0, 0.1) is 0 Å². The molecule has 2 heterocycles. The summed E-state index contributed by atoms with van der Waals surface area (Å²) in [5.74, 6) is 0.260. The molecule has 0 aromatic rings. The van der Waals surface area contributed by atoms with Crippen molar-refractivity contribution in [3.63, 3.8) is 0 Å². The fourth-order valence-corrected chi connectivity index (χ4v) is 2.73. The quantitative estimate of drug-likeness (QED) is 0.717. The van der Waals surface area contributed by atoms with Crippen LogP contribution in [0.15, 0.2) is 0 Å². The molecule has 5 nitrogen and oxygen atoms in total. The van der Waals surface area contributed by atoms with Crippen molar-refractivity contribution in [3.05, 3.63) is 0 Å². The highest BCUT2D eigenvalue weighted by Gasteiger charge is 2.30. The average molecular weight is 319 g/mol. The summed E-state index contributed by atoms with van der Waals surface area (Å²) in [5.41, 5.74) is 0. The van der Waals surface area contributed by atoms with Crippen LogP contribution in [0.3, 0.4) is 0 Å². The van der Waals surface area contributed by atoms with Crippen LogP contribution >= 0.6 is 15.9 Å². The van der Waals surface area contributed by atoms with Gasteiger partial charge in [0.2, 0.25) is 5.91 Å². The first-order valence-corrected chi connectivity index (χ1v) is 7.58. The number of nitrogens with zero attached hydrogens (tertiary/aromatic N) is 2. The predicted molar refractivity (Wildman–Crippen MR) is 70.5 cm³/mol. The van der Waals surface area contributed by atoms with Crippen LogP contribution in [-0.4, -0.2) is 65.8 Å². The van der Waals surface area contributed by atoms with Crippen molar-refractivity contribution < 1.29 is 14.3 Å². The zero-order chi connectivity index (χ0) is 13.0. The zero-order valence-corrected chi connectivity index (χ0v) is 12.0. The monoisotopic (exact) mass is 318 g/mol. The molecule has 0 aromatic carbocycles. The van der Waals surface area contributed by atoms with Crippen molar-refractivity contribution in [1.82, 2.24) is 9.80 Å². The number of amides is 2. The lowest BCUT2D eigenvalue weighted by Crippen LogP contribution is -2.52. The van der Waals surface area contributed by atoms with E-state index >= 15 is 0 Å². The second-order valence-corrected chi connectivity index (χ2v) is 5.44. The number of carbonyl (C=O) groups is 2. The molecule has 2 amide bonds. The maximum atomic E-state index is 12.1. The molecule has 0 aromatic heterocycles. The minimum absolute atomic E-state index is 0.0973. The van der Waals surface area contributed by atoms with Gasteiger partial charge in [-0.3, -0.25) is 9.59 Å². The van der Waals surface area contributed by atoms with Gasteiger partial charge in [0.15, 0.2) is 0 Å². The van der Waals surface area contributed by atoms with Gasteiger partial charge in [-0.1, -0.05) is 15.9 Å². The first-order valence-electron chi connectivity index (χ1n) is 6.46. The van der Waals surface area contributed by atoms with Crippen LogP contribution in [0.4, 0.5) is 0 Å². The molecule has 2 fully saturated rings. The summed E-state index contributed by atoms with van der Waals surface area (Å²) in [5, 5.41) is 0.695. The van der Waals surface area contributed by atoms with E-state index in [0.29, 0.717) is 44.5 Å². The summed E-state index contributed by atoms with van der Waals surface area (Å²) in [4.78, 5) is 27.5. The topological polar surface area (TPSA) is 49.9 Å². The Bertz CT molecular complexity index is 310. The van der Waals surface area contributed by atoms with E-state index in [1.807, 2.05) is 9.80 Å². The Morgan fingerprint density at radius 3 is 2.39 bits per heavy atom. The molecule has 0 N–H and O–H groups in total. The third-order valence-electron chi connectivity index (χ3n) is 3.46. The molecular formula is C12H19BrN2O3. The largest absolute Gasteiger partial charge is 0.368 e. The van der Waals surface area contributed by atoms with E-state index in [0.717, 1.165) is 12.8 Å². The third kappa shape index (κ3) is 3.23. The molecule has 1 atom stereocenters. The van der Waals surface area contributed by atoms with E-state index in [9.17, 15) is 9.59 Å². The maximum Gasteiger partial charge on any atom is 0.251 e. The minimum atomic E-state index is -0.241. The van der Waals surface area contributed by atoms with Gasteiger partial charge < -0.3 is 14.5 Å². The second kappa shape index (κ2) is 6.52. The number of alkyl halides is 1. The molecular weight excluding hydrogens is 300 g/mol. The molecule has 0 aliphatic carbocycles. The Kier molecular flexibility index (Phi) is 5.00. The standard InChI is InChI=1S/C12H19BrN2O3/c13-4-3-11(16)14-5-7-15(8-6-14)12(17)10-2-1-9-18-10/h10H,1-9H2. The fraction of sp³-hybridized carbons (Fsp3) is 0.833. The van der Waals surface area contributed by atoms with Gasteiger partial charge in [-0.25, -0.2) is 0 Å². The number of piperazine rings is 1. The fourth-order valence-electron chi connectivity index (χ4n) is 2.39. The average Bonchev–Trinajstić information content (AvgIpc) is 2.92. The van der Waals surface area contributed by atoms with Crippen LogP contribution in [0.25, 0.3) is 0 Å². The van der Waals surface area contributed by atoms with Crippen LogP contribution in [0.1, 0.15) is 19.3 Å². The molecule has 2 aliphatic heterocycles. The van der Waals surface area contributed by atoms with Crippen molar-refractivity contribution in [1.29, 1.82) is 0 Å². The van der Waals surface area contributed by atoms with E-state index in [1.54, 1.807) is 0 Å². The lowest BCUT2D eigenvalue weighted by Gasteiger charge is -2.35. The Balaban J connectivity index is 1.79. The lowest BCUT2D eigenvalue weighted by atomic mass is 10.2. The Hall–Kier alpha value is -0.620. The number of hydrogen-bond donors (Lipinski definition) is 0. The molecule has 2 aliphatic rings. The molecule has 0 bridgehead atoms. The van der Waals surface area contributed by atoms with Gasteiger partial charge in [0.25, 0.3) is 5.91 Å². The summed E-state index contributed by atoms with van der Waals surface area (Å²) < 4.78 is 5.40. The van der Waals surface area contributed by atoms with Gasteiger partial charge >= 0.3 is 0 Å². The van der Waals surface area contributed by atoms with Crippen molar-refractivity contribution in [2.75, 3.05) is 38.1 Å². The van der Waals surface area contributed by atoms with Crippen LogP contribution in [0.2, 0.25) is 0 Å². The number of halogens is 1. The van der Waals surface area contributed by atoms with Crippen LogP contribution in [0.5, 0.6) is 0 Å². The van der Waals surface area contributed by atoms with Crippen molar-refractivity contribution >= 4 is 27.7 Å². The summed E-state index contributed by atoms with van der Waals surface area (Å²) in [6.07, 6.45) is 2.09. The van der Waals surface area contributed by atoms with Crippen LogP contribution < -0.4 is 0 Å². The van der Waals surface area contributed by atoms with Crippen molar-refractivity contribution in [3.8, 4) is 0 Å². The van der Waals surface area contributed by atoms with E-state index < -0.39 is 0 Å². The first-order chi connectivity index (χ1) is 8.72. The molecule has 0 radical (unpaired) electrons. The molecule has 2 rings (SSSR count). The normalized spacial score (nSPS) is 24.4. The van der Waals surface area contributed by atoms with Crippen molar-refractivity contribution in [2.45, 2.75) is 25.4 Å². The summed E-state index contributed by atoms with van der Waals surface area (Å²) in [7, 11) is 0. The third-order valence-corrected chi connectivity index (χ3v) is 3.85. The smallest absolute Gasteiger partial charge is 0.251 e. The summed E-state index contributed by atoms with van der Waals surface area (Å²) in [6, 6.07) is 0. The van der Waals surface area contributed by atoms with Gasteiger partial charge in [-0.2, -0.15) is 0 Å². The summed E-state index contributed by atoms with van der Waals surface area (Å²) in [6.45, 7) is 3.24. The van der Waals surface area contributed by atoms with E-state index in [1.165, 1.54) is 0 Å². The van der Waals surface area contributed by atoms with E-state index in [-0.39, 0.29) is 17.9 Å². The van der Waals surface area contributed by atoms with E-state index in [2.05, 4.69) is 15.9 Å². The highest BCUT2D eigenvalue weighted by atomic mass is 79.9. The minimum Gasteiger partial charge on any atom is -0.368 e. The van der Waals surface area contributed by atoms with Gasteiger partial charge in [0.1, 0.15) is 6.10 Å². The maximum absolute atomic E-state index is 12.1. The molecule has 0 spiro atoms. The first kappa shape index (κ1) is 13.8. The van der Waals surface area contributed by atoms with E-state index in [4.69, 9.17) is 4.74 Å². The van der Waals surface area contributed by atoms with Gasteiger partial charge in [0, 0.05) is 44.5 Å².